The summed E-state index contributed by atoms with van der Waals surface area (Å²) in [5.74, 6) is 1.50. The molecule has 148 valence electrons. The van der Waals surface area contributed by atoms with Crippen LogP contribution in [-0.2, 0) is 17.8 Å². The van der Waals surface area contributed by atoms with Gasteiger partial charge in [0, 0.05) is 19.6 Å². The number of carbonyl (C=O) groups excluding carboxylic acids is 1. The average molecular weight is 377 g/mol. The van der Waals surface area contributed by atoms with Gasteiger partial charge in [0.1, 0.15) is 0 Å². The third kappa shape index (κ3) is 4.47. The lowest BCUT2D eigenvalue weighted by atomic mass is 9.89. The molecule has 2 aliphatic rings. The zero-order valence-electron chi connectivity index (χ0n) is 17.0. The molecule has 3 nitrogen and oxygen atoms in total. The van der Waals surface area contributed by atoms with Crippen LogP contribution in [0.15, 0.2) is 60.7 Å². The van der Waals surface area contributed by atoms with E-state index in [-0.39, 0.29) is 6.04 Å². The van der Waals surface area contributed by atoms with E-state index in [2.05, 4.69) is 77.4 Å². The zero-order valence-corrected chi connectivity index (χ0v) is 17.0. The molecule has 0 aliphatic carbocycles. The highest BCUT2D eigenvalue weighted by molar-refractivity contribution is 5.82. The van der Waals surface area contributed by atoms with Crippen molar-refractivity contribution in [1.82, 2.24) is 9.80 Å². The molecule has 2 atom stereocenters. The molecule has 2 aromatic carbocycles. The van der Waals surface area contributed by atoms with Crippen LogP contribution in [0.25, 0.3) is 0 Å². The van der Waals surface area contributed by atoms with E-state index in [1.165, 1.54) is 11.1 Å². The number of likely N-dealkylation sites (tertiary alicyclic amines) is 2. The van der Waals surface area contributed by atoms with E-state index in [0.717, 1.165) is 51.9 Å². The molecule has 2 aliphatic heterocycles. The van der Waals surface area contributed by atoms with Crippen LogP contribution in [0.2, 0.25) is 0 Å². The minimum Gasteiger partial charge on any atom is -0.341 e. The number of benzene rings is 2. The Morgan fingerprint density at radius 1 is 0.857 bits per heavy atom. The first-order valence-corrected chi connectivity index (χ1v) is 10.8. The second-order valence-electron chi connectivity index (χ2n) is 8.63. The fourth-order valence-corrected chi connectivity index (χ4v) is 4.91. The summed E-state index contributed by atoms with van der Waals surface area (Å²) in [6, 6.07) is 21.4. The molecule has 2 heterocycles. The topological polar surface area (TPSA) is 23.6 Å². The Morgan fingerprint density at radius 2 is 1.46 bits per heavy atom. The van der Waals surface area contributed by atoms with Crippen LogP contribution in [0.4, 0.5) is 0 Å². The Kier molecular flexibility index (Phi) is 6.11. The fourth-order valence-electron chi connectivity index (χ4n) is 4.91. The summed E-state index contributed by atoms with van der Waals surface area (Å²) in [6.45, 7) is 5.98. The maximum absolute atomic E-state index is 13.4. The molecule has 0 aromatic heterocycles. The van der Waals surface area contributed by atoms with Crippen LogP contribution in [0, 0.1) is 11.8 Å². The average Bonchev–Trinajstić information content (AvgIpc) is 3.09. The molecule has 0 radical (unpaired) electrons. The van der Waals surface area contributed by atoms with E-state index in [1.54, 1.807) is 0 Å². The first-order chi connectivity index (χ1) is 13.7. The lowest BCUT2D eigenvalue weighted by Crippen LogP contribution is -2.50. The van der Waals surface area contributed by atoms with Crippen LogP contribution < -0.4 is 0 Å². The lowest BCUT2D eigenvalue weighted by Gasteiger charge is -2.36. The quantitative estimate of drug-likeness (QED) is 0.773. The van der Waals surface area contributed by atoms with Gasteiger partial charge in [0.2, 0.25) is 5.91 Å². The van der Waals surface area contributed by atoms with Crippen molar-refractivity contribution in [2.45, 2.75) is 45.2 Å². The van der Waals surface area contributed by atoms with E-state index in [9.17, 15) is 4.79 Å². The van der Waals surface area contributed by atoms with Gasteiger partial charge in [0.15, 0.2) is 0 Å². The first-order valence-electron chi connectivity index (χ1n) is 10.8. The lowest BCUT2D eigenvalue weighted by molar-refractivity contribution is -0.138. The predicted octanol–water partition coefficient (Wildman–Crippen LogP) is 4.38. The Labute approximate surface area is 169 Å². The maximum Gasteiger partial charge on any atom is 0.240 e. The number of hydrogen-bond acceptors (Lipinski definition) is 2. The highest BCUT2D eigenvalue weighted by Gasteiger charge is 2.39. The molecule has 3 heteroatoms. The van der Waals surface area contributed by atoms with Crippen LogP contribution in [0.5, 0.6) is 0 Å². The summed E-state index contributed by atoms with van der Waals surface area (Å²) in [6.07, 6.45) is 4.51. The summed E-state index contributed by atoms with van der Waals surface area (Å²) in [5, 5.41) is 0. The van der Waals surface area contributed by atoms with Crippen LogP contribution in [0.3, 0.4) is 0 Å². The molecule has 4 rings (SSSR count). The number of amides is 1. The van der Waals surface area contributed by atoms with Crippen LogP contribution >= 0.6 is 0 Å². The molecule has 2 aromatic rings. The van der Waals surface area contributed by atoms with E-state index >= 15 is 0 Å². The zero-order chi connectivity index (χ0) is 19.3. The third-order valence-electron chi connectivity index (χ3n) is 6.58. The Balaban J connectivity index is 1.34. The molecule has 0 N–H and O–H groups in total. The normalized spacial score (nSPS) is 23.8. The number of rotatable bonds is 5. The van der Waals surface area contributed by atoms with Crippen LogP contribution in [0.1, 0.15) is 37.3 Å². The largest absolute Gasteiger partial charge is 0.341 e. The molecule has 0 bridgehead atoms. The Morgan fingerprint density at radius 3 is 2.11 bits per heavy atom. The molecule has 1 amide bonds. The molecular formula is C25H32N2O. The Hall–Kier alpha value is -2.13. The predicted molar refractivity (Wildman–Crippen MR) is 114 cm³/mol. The molecule has 2 fully saturated rings. The van der Waals surface area contributed by atoms with Crippen molar-refractivity contribution in [3.8, 4) is 0 Å². The van der Waals surface area contributed by atoms with Gasteiger partial charge in [0.25, 0.3) is 0 Å². The second-order valence-corrected chi connectivity index (χ2v) is 8.63. The van der Waals surface area contributed by atoms with Gasteiger partial charge in [-0.2, -0.15) is 0 Å². The summed E-state index contributed by atoms with van der Waals surface area (Å²) in [7, 11) is 0. The highest BCUT2D eigenvalue weighted by Crippen LogP contribution is 2.29. The molecule has 0 unspecified atom stereocenters. The molecule has 0 spiro atoms. The smallest absolute Gasteiger partial charge is 0.240 e. The fraction of sp³-hybridized carbons (Fsp3) is 0.480. The standard InChI is InChI=1S/C25H32N2O/c1-20-12-15-27(19-23-10-6-3-7-11-23)24(20)25(28)26-16-13-22(14-17-26)18-21-8-4-2-5-9-21/h2-11,20,22,24H,12-19H2,1H3/t20-,24-/m0/s1. The van der Waals surface area contributed by atoms with Crippen molar-refractivity contribution < 1.29 is 4.79 Å². The summed E-state index contributed by atoms with van der Waals surface area (Å²) in [5.41, 5.74) is 2.72. The number of nitrogens with zero attached hydrogens (tertiary/aromatic N) is 2. The molecule has 2 saturated heterocycles. The minimum absolute atomic E-state index is 0.0471. The summed E-state index contributed by atoms with van der Waals surface area (Å²) in [4.78, 5) is 17.9. The van der Waals surface area contributed by atoms with E-state index in [0.29, 0.717) is 17.7 Å². The molecule has 28 heavy (non-hydrogen) atoms. The monoisotopic (exact) mass is 376 g/mol. The molecule has 0 saturated carbocycles. The number of carbonyl (C=O) groups is 1. The van der Waals surface area contributed by atoms with Crippen LogP contribution in [-0.4, -0.2) is 41.4 Å². The molecular weight excluding hydrogens is 344 g/mol. The van der Waals surface area contributed by atoms with Crippen molar-refractivity contribution in [3.63, 3.8) is 0 Å². The van der Waals surface area contributed by atoms with Crippen molar-refractivity contribution >= 4 is 5.91 Å². The van der Waals surface area contributed by atoms with Gasteiger partial charge >= 0.3 is 0 Å². The minimum atomic E-state index is 0.0471. The second kappa shape index (κ2) is 8.91. The summed E-state index contributed by atoms with van der Waals surface area (Å²) >= 11 is 0. The van der Waals surface area contributed by atoms with Crippen molar-refractivity contribution in [3.05, 3.63) is 71.8 Å². The first kappa shape index (κ1) is 19.2. The van der Waals surface area contributed by atoms with E-state index in [4.69, 9.17) is 0 Å². The van der Waals surface area contributed by atoms with Gasteiger partial charge in [-0.15, -0.1) is 0 Å². The highest BCUT2D eigenvalue weighted by atomic mass is 16.2. The third-order valence-corrected chi connectivity index (χ3v) is 6.58. The number of hydrogen-bond donors (Lipinski definition) is 0. The van der Waals surface area contributed by atoms with Gasteiger partial charge in [-0.25, -0.2) is 0 Å². The van der Waals surface area contributed by atoms with Crippen molar-refractivity contribution in [1.29, 1.82) is 0 Å². The van der Waals surface area contributed by atoms with Crippen molar-refractivity contribution in [2.24, 2.45) is 11.8 Å². The summed E-state index contributed by atoms with van der Waals surface area (Å²) < 4.78 is 0. The van der Waals surface area contributed by atoms with Gasteiger partial charge in [-0.3, -0.25) is 9.69 Å². The van der Waals surface area contributed by atoms with E-state index in [1.807, 2.05) is 0 Å². The van der Waals surface area contributed by atoms with Gasteiger partial charge < -0.3 is 4.90 Å². The SMILES string of the molecule is C[C@H]1CCN(Cc2ccccc2)[C@@H]1C(=O)N1CCC(Cc2ccccc2)CC1. The Bertz CT molecular complexity index is 753. The maximum atomic E-state index is 13.4. The number of piperidine rings is 1. The van der Waals surface area contributed by atoms with Gasteiger partial charge in [-0.1, -0.05) is 67.6 Å². The van der Waals surface area contributed by atoms with E-state index < -0.39 is 0 Å². The van der Waals surface area contributed by atoms with Gasteiger partial charge in [0.05, 0.1) is 6.04 Å². The van der Waals surface area contributed by atoms with Crippen molar-refractivity contribution in [2.75, 3.05) is 19.6 Å². The van der Waals surface area contributed by atoms with Gasteiger partial charge in [-0.05, 0) is 55.2 Å².